The van der Waals surface area contributed by atoms with Gasteiger partial charge in [-0.1, -0.05) is 37.3 Å². The predicted molar refractivity (Wildman–Crippen MR) is 62.1 cm³/mol. The molecule has 0 aliphatic carbocycles. The third-order valence-corrected chi connectivity index (χ3v) is 3.26. The number of carboxylic acids is 1. The fourth-order valence-corrected chi connectivity index (χ4v) is 2.18. The molecule has 0 spiro atoms. The Labute approximate surface area is 99.9 Å². The first-order chi connectivity index (χ1) is 8.09. The quantitative estimate of drug-likeness (QED) is 0.857. The van der Waals surface area contributed by atoms with Crippen molar-refractivity contribution < 1.29 is 14.7 Å². The molecule has 0 radical (unpaired) electrons. The number of rotatable bonds is 3. The van der Waals surface area contributed by atoms with Crippen LogP contribution >= 0.6 is 0 Å². The van der Waals surface area contributed by atoms with Crippen molar-refractivity contribution in [3.05, 3.63) is 35.9 Å². The minimum absolute atomic E-state index is 0.0683. The highest BCUT2D eigenvalue weighted by Crippen LogP contribution is 2.26. The number of hydrogen-bond donors (Lipinski definition) is 1. The Morgan fingerprint density at radius 1 is 1.41 bits per heavy atom. The molecule has 2 rings (SSSR count). The maximum atomic E-state index is 11.9. The summed E-state index contributed by atoms with van der Waals surface area (Å²) in [4.78, 5) is 24.5. The maximum absolute atomic E-state index is 11.9. The molecule has 1 heterocycles. The van der Waals surface area contributed by atoms with Gasteiger partial charge in [-0.25, -0.2) is 0 Å². The van der Waals surface area contributed by atoms with E-state index in [1.807, 2.05) is 30.3 Å². The van der Waals surface area contributed by atoms with Crippen LogP contribution in [0.3, 0.4) is 0 Å². The van der Waals surface area contributed by atoms with Crippen LogP contribution in [0.1, 0.15) is 12.5 Å². The summed E-state index contributed by atoms with van der Waals surface area (Å²) in [6, 6.07) is 9.61. The van der Waals surface area contributed by atoms with Gasteiger partial charge in [0.1, 0.15) is 0 Å². The zero-order valence-electron chi connectivity index (χ0n) is 9.67. The molecule has 2 unspecified atom stereocenters. The van der Waals surface area contributed by atoms with Crippen LogP contribution in [-0.4, -0.2) is 28.4 Å². The van der Waals surface area contributed by atoms with Crippen molar-refractivity contribution in [3.8, 4) is 0 Å². The van der Waals surface area contributed by atoms with E-state index < -0.39 is 17.8 Å². The Bertz CT molecular complexity index is 430. The number of aliphatic carboxylic acids is 1. The Morgan fingerprint density at radius 3 is 2.59 bits per heavy atom. The Balaban J connectivity index is 2.09. The molecule has 1 aromatic rings. The first-order valence-corrected chi connectivity index (χ1v) is 5.65. The lowest BCUT2D eigenvalue weighted by Crippen LogP contribution is -2.26. The highest BCUT2D eigenvalue weighted by molar-refractivity contribution is 5.88. The topological polar surface area (TPSA) is 57.6 Å². The first-order valence-electron chi connectivity index (χ1n) is 5.65. The van der Waals surface area contributed by atoms with Gasteiger partial charge in [-0.2, -0.15) is 0 Å². The zero-order chi connectivity index (χ0) is 12.4. The number of amides is 1. The van der Waals surface area contributed by atoms with Crippen molar-refractivity contribution in [3.63, 3.8) is 0 Å². The van der Waals surface area contributed by atoms with Gasteiger partial charge in [0.15, 0.2) is 0 Å². The van der Waals surface area contributed by atoms with E-state index in [1.165, 1.54) is 0 Å². The molecule has 1 aliphatic rings. The van der Waals surface area contributed by atoms with Gasteiger partial charge in [-0.15, -0.1) is 0 Å². The molecule has 1 amide bonds. The van der Waals surface area contributed by atoms with Crippen LogP contribution in [0.4, 0.5) is 0 Å². The largest absolute Gasteiger partial charge is 0.481 e. The van der Waals surface area contributed by atoms with E-state index >= 15 is 0 Å². The molecular weight excluding hydrogens is 218 g/mol. The monoisotopic (exact) mass is 233 g/mol. The van der Waals surface area contributed by atoms with E-state index in [2.05, 4.69) is 0 Å². The second-order valence-corrected chi connectivity index (χ2v) is 4.44. The van der Waals surface area contributed by atoms with Crippen LogP contribution in [0.2, 0.25) is 0 Å². The van der Waals surface area contributed by atoms with Gasteiger partial charge < -0.3 is 10.0 Å². The fraction of sp³-hybridized carbons (Fsp3) is 0.385. The molecule has 90 valence electrons. The van der Waals surface area contributed by atoms with Crippen molar-refractivity contribution in [2.24, 2.45) is 11.8 Å². The van der Waals surface area contributed by atoms with E-state index in [0.29, 0.717) is 13.1 Å². The van der Waals surface area contributed by atoms with Crippen LogP contribution in [-0.2, 0) is 16.1 Å². The van der Waals surface area contributed by atoms with E-state index in [1.54, 1.807) is 11.8 Å². The highest BCUT2D eigenvalue weighted by Gasteiger charge is 2.41. The Morgan fingerprint density at radius 2 is 2.06 bits per heavy atom. The van der Waals surface area contributed by atoms with Crippen LogP contribution in [0.25, 0.3) is 0 Å². The summed E-state index contributed by atoms with van der Waals surface area (Å²) < 4.78 is 0. The number of nitrogens with zero attached hydrogens (tertiary/aromatic N) is 1. The number of carboxylic acid groups (broad SMARTS) is 1. The summed E-state index contributed by atoms with van der Waals surface area (Å²) in [5, 5.41) is 9.01. The third kappa shape index (κ3) is 2.30. The van der Waals surface area contributed by atoms with Crippen molar-refractivity contribution >= 4 is 11.9 Å². The van der Waals surface area contributed by atoms with Crippen LogP contribution in [0.15, 0.2) is 30.3 Å². The number of carbonyl (C=O) groups excluding carboxylic acids is 1. The standard InChI is InChI=1S/C13H15NO3/c1-9-11(13(16)17)8-14(12(9)15)7-10-5-3-2-4-6-10/h2-6,9,11H,7-8H2,1H3,(H,16,17). The predicted octanol–water partition coefficient (Wildman–Crippen LogP) is 1.37. The van der Waals surface area contributed by atoms with Crippen LogP contribution in [0, 0.1) is 11.8 Å². The average molecular weight is 233 g/mol. The summed E-state index contributed by atoms with van der Waals surface area (Å²) in [5.41, 5.74) is 1.03. The SMILES string of the molecule is CC1C(=O)N(Cc2ccccc2)CC1C(=O)O. The van der Waals surface area contributed by atoms with Gasteiger partial charge in [0, 0.05) is 13.1 Å². The summed E-state index contributed by atoms with van der Waals surface area (Å²) in [6.07, 6.45) is 0. The molecule has 1 saturated heterocycles. The van der Waals surface area contributed by atoms with Gasteiger partial charge >= 0.3 is 5.97 Å². The smallest absolute Gasteiger partial charge is 0.309 e. The molecule has 4 nitrogen and oxygen atoms in total. The van der Waals surface area contributed by atoms with Gasteiger partial charge in [0.25, 0.3) is 0 Å². The number of benzene rings is 1. The van der Waals surface area contributed by atoms with Gasteiger partial charge in [-0.05, 0) is 5.56 Å². The molecular formula is C13H15NO3. The number of carbonyl (C=O) groups is 2. The van der Waals surface area contributed by atoms with Crippen molar-refractivity contribution in [1.29, 1.82) is 0 Å². The van der Waals surface area contributed by atoms with Gasteiger partial charge in [-0.3, -0.25) is 9.59 Å². The maximum Gasteiger partial charge on any atom is 0.309 e. The molecule has 0 bridgehead atoms. The van der Waals surface area contributed by atoms with Crippen LogP contribution in [0.5, 0.6) is 0 Å². The summed E-state index contributed by atoms with van der Waals surface area (Å²) >= 11 is 0. The minimum Gasteiger partial charge on any atom is -0.481 e. The van der Waals surface area contributed by atoms with Crippen molar-refractivity contribution in [1.82, 2.24) is 4.90 Å². The lowest BCUT2D eigenvalue weighted by atomic mass is 9.98. The molecule has 4 heteroatoms. The Kier molecular flexibility index (Phi) is 3.13. The van der Waals surface area contributed by atoms with E-state index in [9.17, 15) is 9.59 Å². The lowest BCUT2D eigenvalue weighted by Gasteiger charge is -2.15. The third-order valence-electron chi connectivity index (χ3n) is 3.26. The lowest BCUT2D eigenvalue weighted by molar-refractivity contribution is -0.143. The van der Waals surface area contributed by atoms with Crippen molar-refractivity contribution in [2.75, 3.05) is 6.54 Å². The molecule has 1 aromatic carbocycles. The van der Waals surface area contributed by atoms with E-state index in [-0.39, 0.29) is 5.91 Å². The van der Waals surface area contributed by atoms with E-state index in [4.69, 9.17) is 5.11 Å². The second-order valence-electron chi connectivity index (χ2n) is 4.44. The number of likely N-dealkylation sites (tertiary alicyclic amines) is 1. The minimum atomic E-state index is -0.888. The fourth-order valence-electron chi connectivity index (χ4n) is 2.18. The normalized spacial score (nSPS) is 24.1. The van der Waals surface area contributed by atoms with Gasteiger partial charge in [0.05, 0.1) is 11.8 Å². The van der Waals surface area contributed by atoms with Crippen LogP contribution < -0.4 is 0 Å². The molecule has 1 aliphatic heterocycles. The average Bonchev–Trinajstić information content (AvgIpc) is 2.59. The molecule has 2 atom stereocenters. The summed E-state index contributed by atoms with van der Waals surface area (Å²) in [7, 11) is 0. The summed E-state index contributed by atoms with van der Waals surface area (Å²) in [5.74, 6) is -1.95. The molecule has 1 fully saturated rings. The highest BCUT2D eigenvalue weighted by atomic mass is 16.4. The zero-order valence-corrected chi connectivity index (χ0v) is 9.67. The molecule has 0 aromatic heterocycles. The molecule has 0 saturated carbocycles. The molecule has 1 N–H and O–H groups in total. The number of hydrogen-bond acceptors (Lipinski definition) is 2. The van der Waals surface area contributed by atoms with E-state index in [0.717, 1.165) is 5.56 Å². The summed E-state index contributed by atoms with van der Waals surface area (Å²) in [6.45, 7) is 2.49. The Hall–Kier alpha value is -1.84. The second kappa shape index (κ2) is 4.57. The first kappa shape index (κ1) is 11.6. The van der Waals surface area contributed by atoms with Gasteiger partial charge in [0.2, 0.25) is 5.91 Å². The molecule has 17 heavy (non-hydrogen) atoms. The van der Waals surface area contributed by atoms with Crippen molar-refractivity contribution in [2.45, 2.75) is 13.5 Å².